The van der Waals surface area contributed by atoms with Crippen LogP contribution in [-0.2, 0) is 4.74 Å². The first kappa shape index (κ1) is 13.5. The molecule has 20 heavy (non-hydrogen) atoms. The Hall–Kier alpha value is -1.53. The van der Waals surface area contributed by atoms with Crippen molar-refractivity contribution in [1.29, 1.82) is 0 Å². The Balaban J connectivity index is 1.85. The highest BCUT2D eigenvalue weighted by Crippen LogP contribution is 2.45. The van der Waals surface area contributed by atoms with Crippen LogP contribution in [0.2, 0.25) is 0 Å². The normalized spacial score (nSPS) is 33.5. The van der Waals surface area contributed by atoms with Crippen LogP contribution in [0.15, 0.2) is 18.5 Å². The van der Waals surface area contributed by atoms with Crippen LogP contribution in [0.5, 0.6) is 0 Å². The molecule has 0 unspecified atom stereocenters. The van der Waals surface area contributed by atoms with Crippen molar-refractivity contribution in [1.82, 2.24) is 4.98 Å². The van der Waals surface area contributed by atoms with E-state index in [0.717, 1.165) is 25.7 Å². The van der Waals surface area contributed by atoms with Crippen molar-refractivity contribution in [2.45, 2.75) is 56.3 Å². The molecule has 0 bridgehead atoms. The number of nitro groups is 1. The standard InChI is InChI=1S/C14H18N2O4/c17-14-6-2-1-3-13(14)20-12(4-7-14)10-5-8-15-9-11(10)16(18)19/h5,8-9,12-13,17H,1-4,6-7H2/t12-,13-,14-/m1/s1. The van der Waals surface area contributed by atoms with E-state index in [1.54, 1.807) is 12.3 Å². The zero-order chi connectivity index (χ0) is 14.2. The number of nitrogens with zero attached hydrogens (tertiary/aromatic N) is 2. The summed E-state index contributed by atoms with van der Waals surface area (Å²) in [5.74, 6) is 0. The van der Waals surface area contributed by atoms with Crippen molar-refractivity contribution >= 4 is 5.69 Å². The molecule has 1 aromatic rings. The molecule has 1 saturated carbocycles. The number of pyridine rings is 1. The van der Waals surface area contributed by atoms with Crippen LogP contribution in [0.25, 0.3) is 0 Å². The summed E-state index contributed by atoms with van der Waals surface area (Å²) >= 11 is 0. The van der Waals surface area contributed by atoms with Crippen LogP contribution in [0, 0.1) is 10.1 Å². The summed E-state index contributed by atoms with van der Waals surface area (Å²) < 4.78 is 5.99. The Morgan fingerprint density at radius 1 is 1.40 bits per heavy atom. The topological polar surface area (TPSA) is 85.5 Å². The van der Waals surface area contributed by atoms with Gasteiger partial charge in [0.1, 0.15) is 6.20 Å². The molecule has 6 heteroatoms. The third-order valence-electron chi connectivity index (χ3n) is 4.47. The van der Waals surface area contributed by atoms with Crippen molar-refractivity contribution in [3.05, 3.63) is 34.1 Å². The van der Waals surface area contributed by atoms with E-state index in [2.05, 4.69) is 4.98 Å². The molecule has 2 aliphatic rings. The van der Waals surface area contributed by atoms with Crippen LogP contribution in [0.4, 0.5) is 5.69 Å². The van der Waals surface area contributed by atoms with Crippen molar-refractivity contribution < 1.29 is 14.8 Å². The molecular weight excluding hydrogens is 260 g/mol. The number of rotatable bonds is 2. The lowest BCUT2D eigenvalue weighted by molar-refractivity contribution is -0.386. The van der Waals surface area contributed by atoms with Gasteiger partial charge < -0.3 is 9.84 Å². The van der Waals surface area contributed by atoms with Gasteiger partial charge in [-0.1, -0.05) is 12.8 Å². The number of aliphatic hydroxyl groups is 1. The fraction of sp³-hybridized carbons (Fsp3) is 0.643. The lowest BCUT2D eigenvalue weighted by Crippen LogP contribution is -2.50. The number of ether oxygens (including phenoxy) is 1. The summed E-state index contributed by atoms with van der Waals surface area (Å²) in [6.45, 7) is 0. The Morgan fingerprint density at radius 3 is 3.05 bits per heavy atom. The fourth-order valence-electron chi connectivity index (χ4n) is 3.37. The highest BCUT2D eigenvalue weighted by Gasteiger charge is 2.45. The van der Waals surface area contributed by atoms with Gasteiger partial charge in [-0.3, -0.25) is 15.1 Å². The first-order valence-electron chi connectivity index (χ1n) is 7.06. The van der Waals surface area contributed by atoms with Gasteiger partial charge in [-0.2, -0.15) is 0 Å². The van der Waals surface area contributed by atoms with Crippen LogP contribution in [0.3, 0.4) is 0 Å². The van der Waals surface area contributed by atoms with Gasteiger partial charge in [-0.25, -0.2) is 0 Å². The Morgan fingerprint density at radius 2 is 2.25 bits per heavy atom. The predicted octanol–water partition coefficient (Wildman–Crippen LogP) is 2.52. The van der Waals surface area contributed by atoms with Gasteiger partial charge in [0.15, 0.2) is 0 Å². The quantitative estimate of drug-likeness (QED) is 0.663. The third-order valence-corrected chi connectivity index (χ3v) is 4.47. The smallest absolute Gasteiger partial charge is 0.293 e. The summed E-state index contributed by atoms with van der Waals surface area (Å²) in [7, 11) is 0. The lowest BCUT2D eigenvalue weighted by atomic mass is 9.76. The molecule has 0 amide bonds. The zero-order valence-electron chi connectivity index (χ0n) is 11.2. The molecular formula is C14H18N2O4. The Labute approximate surface area is 116 Å². The molecule has 2 heterocycles. The van der Waals surface area contributed by atoms with Crippen LogP contribution < -0.4 is 0 Å². The number of hydrogen-bond acceptors (Lipinski definition) is 5. The van der Waals surface area contributed by atoms with Crippen LogP contribution in [0.1, 0.15) is 50.2 Å². The van der Waals surface area contributed by atoms with Gasteiger partial charge in [0.05, 0.1) is 28.3 Å². The van der Waals surface area contributed by atoms with Gasteiger partial charge in [0.2, 0.25) is 0 Å². The Bertz CT molecular complexity index is 522. The highest BCUT2D eigenvalue weighted by molar-refractivity contribution is 5.38. The molecule has 3 atom stereocenters. The minimum atomic E-state index is -0.740. The van der Waals surface area contributed by atoms with Gasteiger partial charge >= 0.3 is 0 Å². The van der Waals surface area contributed by atoms with E-state index in [1.807, 2.05) is 0 Å². The second-order valence-electron chi connectivity index (χ2n) is 5.69. The molecule has 1 saturated heterocycles. The fourth-order valence-corrected chi connectivity index (χ4v) is 3.37. The van der Waals surface area contributed by atoms with E-state index in [0.29, 0.717) is 18.4 Å². The molecule has 0 aromatic carbocycles. The van der Waals surface area contributed by atoms with E-state index >= 15 is 0 Å². The van der Waals surface area contributed by atoms with E-state index in [1.165, 1.54) is 6.20 Å². The van der Waals surface area contributed by atoms with E-state index in [4.69, 9.17) is 4.74 Å². The predicted molar refractivity (Wildman–Crippen MR) is 71.2 cm³/mol. The number of aromatic nitrogens is 1. The summed E-state index contributed by atoms with van der Waals surface area (Å²) in [5.41, 5.74) is -0.173. The van der Waals surface area contributed by atoms with Crippen molar-refractivity contribution in [3.8, 4) is 0 Å². The summed E-state index contributed by atoms with van der Waals surface area (Å²) in [5, 5.41) is 21.6. The highest BCUT2D eigenvalue weighted by atomic mass is 16.6. The van der Waals surface area contributed by atoms with Crippen LogP contribution in [-0.4, -0.2) is 26.7 Å². The largest absolute Gasteiger partial charge is 0.387 e. The molecule has 6 nitrogen and oxygen atoms in total. The second-order valence-corrected chi connectivity index (χ2v) is 5.69. The molecule has 1 aliphatic carbocycles. The second kappa shape index (κ2) is 5.10. The monoisotopic (exact) mass is 278 g/mol. The number of hydrogen-bond donors (Lipinski definition) is 1. The summed E-state index contributed by atoms with van der Waals surface area (Å²) in [6, 6.07) is 1.65. The van der Waals surface area contributed by atoms with Crippen molar-refractivity contribution in [3.63, 3.8) is 0 Å². The lowest BCUT2D eigenvalue weighted by Gasteiger charge is -2.45. The molecule has 1 aliphatic heterocycles. The number of fused-ring (bicyclic) bond motifs is 1. The average Bonchev–Trinajstić information content (AvgIpc) is 2.46. The summed E-state index contributed by atoms with van der Waals surface area (Å²) in [6.07, 6.45) is 7.20. The molecule has 1 aromatic heterocycles. The first-order chi connectivity index (χ1) is 9.60. The van der Waals surface area contributed by atoms with Gasteiger partial charge in [0, 0.05) is 6.20 Å². The van der Waals surface area contributed by atoms with Gasteiger partial charge in [0.25, 0.3) is 5.69 Å². The van der Waals surface area contributed by atoms with Gasteiger partial charge in [-0.05, 0) is 31.7 Å². The zero-order valence-corrected chi connectivity index (χ0v) is 11.2. The molecule has 108 valence electrons. The van der Waals surface area contributed by atoms with E-state index in [9.17, 15) is 15.2 Å². The molecule has 1 N–H and O–H groups in total. The van der Waals surface area contributed by atoms with E-state index in [-0.39, 0.29) is 17.9 Å². The molecule has 2 fully saturated rings. The molecule has 0 spiro atoms. The summed E-state index contributed by atoms with van der Waals surface area (Å²) in [4.78, 5) is 14.5. The first-order valence-corrected chi connectivity index (χ1v) is 7.06. The maximum atomic E-state index is 11.1. The molecule has 0 radical (unpaired) electrons. The van der Waals surface area contributed by atoms with Crippen molar-refractivity contribution in [2.24, 2.45) is 0 Å². The maximum absolute atomic E-state index is 11.1. The SMILES string of the molecule is O=[N+]([O-])c1cnccc1[C@H]1CC[C@]2(O)CCCC[C@H]2O1. The Kier molecular flexibility index (Phi) is 3.43. The van der Waals surface area contributed by atoms with Crippen molar-refractivity contribution in [2.75, 3.05) is 0 Å². The van der Waals surface area contributed by atoms with Gasteiger partial charge in [-0.15, -0.1) is 0 Å². The maximum Gasteiger partial charge on any atom is 0.293 e. The van der Waals surface area contributed by atoms with E-state index < -0.39 is 10.5 Å². The minimum absolute atomic E-state index is 0.00116. The van der Waals surface area contributed by atoms with Crippen LogP contribution >= 0.6 is 0 Å². The average molecular weight is 278 g/mol. The molecule has 3 rings (SSSR count). The third kappa shape index (κ3) is 2.29. The minimum Gasteiger partial charge on any atom is -0.387 e.